The first-order valence-electron chi connectivity index (χ1n) is 7.23. The number of amides is 1. The first-order chi connectivity index (χ1) is 10.2. The average molecular weight is 287 g/mol. The van der Waals surface area contributed by atoms with E-state index in [9.17, 15) is 4.79 Å². The molecule has 1 amide bonds. The SMILES string of the molecule is CCNc1nc(NCCCCC(N)=O)c2ccccc2n1. The second kappa shape index (κ2) is 7.42. The van der Waals surface area contributed by atoms with Crippen LogP contribution < -0.4 is 16.4 Å². The molecule has 6 heteroatoms. The van der Waals surface area contributed by atoms with Gasteiger partial charge in [0, 0.05) is 24.9 Å². The van der Waals surface area contributed by atoms with Gasteiger partial charge in [0.1, 0.15) is 5.82 Å². The molecule has 1 heterocycles. The molecule has 21 heavy (non-hydrogen) atoms. The van der Waals surface area contributed by atoms with Crippen LogP contribution in [0.25, 0.3) is 10.9 Å². The number of carbonyl (C=O) groups is 1. The maximum absolute atomic E-state index is 10.7. The summed E-state index contributed by atoms with van der Waals surface area (Å²) in [5.74, 6) is 1.18. The molecule has 1 aromatic heterocycles. The Morgan fingerprint density at radius 1 is 1.19 bits per heavy atom. The van der Waals surface area contributed by atoms with Gasteiger partial charge < -0.3 is 16.4 Å². The second-order valence-electron chi connectivity index (χ2n) is 4.79. The Morgan fingerprint density at radius 3 is 2.76 bits per heavy atom. The topological polar surface area (TPSA) is 92.9 Å². The van der Waals surface area contributed by atoms with Gasteiger partial charge in [0.25, 0.3) is 0 Å². The van der Waals surface area contributed by atoms with E-state index in [2.05, 4.69) is 20.6 Å². The minimum atomic E-state index is -0.253. The van der Waals surface area contributed by atoms with Crippen molar-refractivity contribution in [1.82, 2.24) is 9.97 Å². The number of hydrogen-bond acceptors (Lipinski definition) is 5. The zero-order chi connectivity index (χ0) is 15.1. The molecule has 2 aromatic rings. The lowest BCUT2D eigenvalue weighted by Crippen LogP contribution is -2.11. The number of nitrogens with zero attached hydrogens (tertiary/aromatic N) is 2. The van der Waals surface area contributed by atoms with Crippen molar-refractivity contribution >= 4 is 28.6 Å². The fourth-order valence-electron chi connectivity index (χ4n) is 2.08. The molecule has 0 radical (unpaired) electrons. The van der Waals surface area contributed by atoms with Gasteiger partial charge in [0.15, 0.2) is 0 Å². The van der Waals surface area contributed by atoms with Gasteiger partial charge >= 0.3 is 0 Å². The number of rotatable bonds is 8. The van der Waals surface area contributed by atoms with Gasteiger partial charge in [-0.1, -0.05) is 12.1 Å². The van der Waals surface area contributed by atoms with Crippen LogP contribution in [0, 0.1) is 0 Å². The van der Waals surface area contributed by atoms with E-state index in [1.54, 1.807) is 0 Å². The summed E-state index contributed by atoms with van der Waals surface area (Å²) >= 11 is 0. The third kappa shape index (κ3) is 4.30. The first-order valence-corrected chi connectivity index (χ1v) is 7.23. The third-order valence-electron chi connectivity index (χ3n) is 3.08. The number of fused-ring (bicyclic) bond motifs is 1. The van der Waals surface area contributed by atoms with Crippen LogP contribution in [0.5, 0.6) is 0 Å². The standard InChI is InChI=1S/C15H21N5O/c1-2-17-15-19-12-8-4-3-7-11(12)14(20-15)18-10-6-5-9-13(16)21/h3-4,7-8H,2,5-6,9-10H2,1H3,(H2,16,21)(H2,17,18,19,20). The quantitative estimate of drug-likeness (QED) is 0.647. The number of nitrogens with two attached hydrogens (primary N) is 1. The Bertz CT molecular complexity index is 614. The van der Waals surface area contributed by atoms with Crippen LogP contribution in [0.3, 0.4) is 0 Å². The largest absolute Gasteiger partial charge is 0.370 e. The number of anilines is 2. The van der Waals surface area contributed by atoms with E-state index < -0.39 is 0 Å². The van der Waals surface area contributed by atoms with Gasteiger partial charge in [-0.05, 0) is 31.9 Å². The summed E-state index contributed by atoms with van der Waals surface area (Å²) < 4.78 is 0. The Balaban J connectivity index is 2.07. The summed E-state index contributed by atoms with van der Waals surface area (Å²) in [5.41, 5.74) is 6.03. The van der Waals surface area contributed by atoms with E-state index in [-0.39, 0.29) is 5.91 Å². The van der Waals surface area contributed by atoms with Crippen molar-refractivity contribution in [1.29, 1.82) is 0 Å². The highest BCUT2D eigenvalue weighted by molar-refractivity contribution is 5.90. The van der Waals surface area contributed by atoms with E-state index >= 15 is 0 Å². The molecule has 112 valence electrons. The van der Waals surface area contributed by atoms with E-state index in [1.807, 2.05) is 31.2 Å². The van der Waals surface area contributed by atoms with Gasteiger partial charge in [-0.2, -0.15) is 4.98 Å². The van der Waals surface area contributed by atoms with Crippen LogP contribution in [-0.2, 0) is 4.79 Å². The summed E-state index contributed by atoms with van der Waals surface area (Å²) in [6.45, 7) is 3.53. The minimum Gasteiger partial charge on any atom is -0.370 e. The Morgan fingerprint density at radius 2 is 2.00 bits per heavy atom. The highest BCUT2D eigenvalue weighted by atomic mass is 16.1. The molecule has 6 nitrogen and oxygen atoms in total. The van der Waals surface area contributed by atoms with Crippen LogP contribution in [0.1, 0.15) is 26.2 Å². The summed E-state index contributed by atoms with van der Waals surface area (Å²) in [5, 5.41) is 7.44. The first kappa shape index (κ1) is 15.0. The number of para-hydroxylation sites is 1. The molecule has 0 aliphatic heterocycles. The van der Waals surface area contributed by atoms with Crippen molar-refractivity contribution in [2.45, 2.75) is 26.2 Å². The predicted molar refractivity (Wildman–Crippen MR) is 85.2 cm³/mol. The molecule has 4 N–H and O–H groups in total. The van der Waals surface area contributed by atoms with Gasteiger partial charge in [0.05, 0.1) is 5.52 Å². The number of carbonyl (C=O) groups excluding carboxylic acids is 1. The van der Waals surface area contributed by atoms with E-state index in [0.717, 1.165) is 42.7 Å². The summed E-state index contributed by atoms with van der Waals surface area (Å²) in [6, 6.07) is 7.89. The molecule has 2 rings (SSSR count). The lowest BCUT2D eigenvalue weighted by Gasteiger charge is -2.11. The van der Waals surface area contributed by atoms with Crippen LogP contribution in [0.15, 0.2) is 24.3 Å². The molecule has 0 unspecified atom stereocenters. The monoisotopic (exact) mass is 287 g/mol. The summed E-state index contributed by atoms with van der Waals surface area (Å²) in [6.07, 6.45) is 2.08. The Hall–Kier alpha value is -2.37. The van der Waals surface area contributed by atoms with Gasteiger partial charge in [0.2, 0.25) is 11.9 Å². The van der Waals surface area contributed by atoms with Crippen LogP contribution in [-0.4, -0.2) is 29.0 Å². The fraction of sp³-hybridized carbons (Fsp3) is 0.400. The van der Waals surface area contributed by atoms with Gasteiger partial charge in [-0.15, -0.1) is 0 Å². The zero-order valence-electron chi connectivity index (χ0n) is 12.2. The zero-order valence-corrected chi connectivity index (χ0v) is 12.2. The molecule has 0 aliphatic carbocycles. The summed E-state index contributed by atoms with van der Waals surface area (Å²) in [4.78, 5) is 19.7. The molecule has 1 aromatic carbocycles. The van der Waals surface area contributed by atoms with E-state index in [4.69, 9.17) is 5.73 Å². The maximum Gasteiger partial charge on any atom is 0.225 e. The molecule has 0 spiro atoms. The molecule has 0 aliphatic rings. The molecular formula is C15H21N5O. The van der Waals surface area contributed by atoms with Crippen LogP contribution in [0.2, 0.25) is 0 Å². The second-order valence-corrected chi connectivity index (χ2v) is 4.79. The van der Waals surface area contributed by atoms with Crippen molar-refractivity contribution in [2.75, 3.05) is 23.7 Å². The van der Waals surface area contributed by atoms with Gasteiger partial charge in [-0.3, -0.25) is 4.79 Å². The molecular weight excluding hydrogens is 266 g/mol. The van der Waals surface area contributed by atoms with Crippen LogP contribution >= 0.6 is 0 Å². The number of aromatic nitrogens is 2. The van der Waals surface area contributed by atoms with E-state index in [0.29, 0.717) is 12.4 Å². The van der Waals surface area contributed by atoms with Crippen molar-refractivity contribution in [3.05, 3.63) is 24.3 Å². The third-order valence-corrected chi connectivity index (χ3v) is 3.08. The number of unbranched alkanes of at least 4 members (excludes halogenated alkanes) is 1. The number of primary amides is 1. The van der Waals surface area contributed by atoms with Crippen LogP contribution in [0.4, 0.5) is 11.8 Å². The predicted octanol–water partition coefficient (Wildman–Crippen LogP) is 2.13. The molecule has 0 saturated carbocycles. The van der Waals surface area contributed by atoms with E-state index in [1.165, 1.54) is 0 Å². The highest BCUT2D eigenvalue weighted by Gasteiger charge is 2.06. The Kier molecular flexibility index (Phi) is 5.31. The van der Waals surface area contributed by atoms with Crippen molar-refractivity contribution in [2.24, 2.45) is 5.73 Å². The molecule has 0 saturated heterocycles. The highest BCUT2D eigenvalue weighted by Crippen LogP contribution is 2.21. The minimum absolute atomic E-state index is 0.253. The van der Waals surface area contributed by atoms with Crippen molar-refractivity contribution in [3.63, 3.8) is 0 Å². The summed E-state index contributed by atoms with van der Waals surface area (Å²) in [7, 11) is 0. The van der Waals surface area contributed by atoms with Crippen molar-refractivity contribution in [3.8, 4) is 0 Å². The molecule has 0 fully saturated rings. The molecule has 0 atom stereocenters. The number of nitrogens with one attached hydrogen (secondary N) is 2. The van der Waals surface area contributed by atoms with Crippen molar-refractivity contribution < 1.29 is 4.79 Å². The van der Waals surface area contributed by atoms with Gasteiger partial charge in [-0.25, -0.2) is 4.98 Å². The number of benzene rings is 1. The normalized spacial score (nSPS) is 10.5. The lowest BCUT2D eigenvalue weighted by atomic mass is 10.2. The maximum atomic E-state index is 10.7. The smallest absolute Gasteiger partial charge is 0.225 e. The lowest BCUT2D eigenvalue weighted by molar-refractivity contribution is -0.118. The average Bonchev–Trinajstić information content (AvgIpc) is 2.47. The Labute approximate surface area is 124 Å². The molecule has 0 bridgehead atoms. The number of hydrogen-bond donors (Lipinski definition) is 3. The fourth-order valence-corrected chi connectivity index (χ4v) is 2.08.